The number of fused-ring (bicyclic) bond motifs is 3. The number of hydrogen-bond donors (Lipinski definition) is 2. The van der Waals surface area contributed by atoms with Crippen molar-refractivity contribution in [1.82, 2.24) is 10.4 Å². The van der Waals surface area contributed by atoms with Crippen molar-refractivity contribution in [3.63, 3.8) is 0 Å². The molecule has 2 aromatic carbocycles. The van der Waals surface area contributed by atoms with Crippen molar-refractivity contribution in [3.8, 4) is 5.75 Å². The summed E-state index contributed by atoms with van der Waals surface area (Å²) < 4.78 is 5.62. The van der Waals surface area contributed by atoms with Crippen molar-refractivity contribution < 1.29 is 9.53 Å². The summed E-state index contributed by atoms with van der Waals surface area (Å²) in [5, 5.41) is 5.25. The second-order valence-corrected chi connectivity index (χ2v) is 7.48. The Labute approximate surface area is 164 Å². The Bertz CT molecular complexity index is 1020. The van der Waals surface area contributed by atoms with Gasteiger partial charge in [0.15, 0.2) is 0 Å². The molecule has 5 nitrogen and oxygen atoms in total. The lowest BCUT2D eigenvalue weighted by Crippen LogP contribution is -2.17. The molecular formula is C23H25N3O2. The Morgan fingerprint density at radius 1 is 1.14 bits per heavy atom. The molecule has 0 atom stereocenters. The van der Waals surface area contributed by atoms with Gasteiger partial charge in [0.05, 0.1) is 12.3 Å². The Balaban J connectivity index is 1.44. The molecule has 0 radical (unpaired) electrons. The van der Waals surface area contributed by atoms with Crippen LogP contribution in [-0.4, -0.2) is 23.2 Å². The van der Waals surface area contributed by atoms with Gasteiger partial charge in [-0.05, 0) is 93.1 Å². The average molecular weight is 375 g/mol. The van der Waals surface area contributed by atoms with E-state index in [1.165, 1.54) is 24.1 Å². The van der Waals surface area contributed by atoms with E-state index in [-0.39, 0.29) is 12.0 Å². The van der Waals surface area contributed by atoms with E-state index in [2.05, 4.69) is 15.5 Å². The first kappa shape index (κ1) is 18.3. The topological polar surface area (TPSA) is 66.5 Å². The average Bonchev–Trinajstić information content (AvgIpc) is 3.06. The highest BCUT2D eigenvalue weighted by atomic mass is 16.5. The number of benzene rings is 2. The lowest BCUT2D eigenvalue weighted by molar-refractivity contribution is 0.0955. The molecule has 0 saturated heterocycles. The molecule has 4 rings (SSSR count). The first-order valence-electron chi connectivity index (χ1n) is 9.84. The first-order chi connectivity index (χ1) is 13.6. The van der Waals surface area contributed by atoms with Gasteiger partial charge in [-0.25, -0.2) is 5.43 Å². The molecule has 1 aromatic heterocycles. The van der Waals surface area contributed by atoms with E-state index >= 15 is 0 Å². The predicted octanol–water partition coefficient (Wildman–Crippen LogP) is 4.60. The summed E-state index contributed by atoms with van der Waals surface area (Å²) in [6, 6.07) is 13.4. The third-order valence-corrected chi connectivity index (χ3v) is 4.99. The third-order valence-electron chi connectivity index (χ3n) is 4.99. The molecule has 0 bridgehead atoms. The molecule has 28 heavy (non-hydrogen) atoms. The van der Waals surface area contributed by atoms with Crippen LogP contribution in [0.4, 0.5) is 0 Å². The van der Waals surface area contributed by atoms with E-state index in [0.29, 0.717) is 5.56 Å². The highest BCUT2D eigenvalue weighted by Gasteiger charge is 2.16. The van der Waals surface area contributed by atoms with Gasteiger partial charge in [0.2, 0.25) is 0 Å². The fraction of sp³-hybridized carbons (Fsp3) is 0.304. The van der Waals surface area contributed by atoms with E-state index in [0.717, 1.165) is 35.1 Å². The number of rotatable bonds is 5. The molecule has 144 valence electrons. The molecule has 0 aliphatic heterocycles. The minimum atomic E-state index is -0.205. The van der Waals surface area contributed by atoms with E-state index < -0.39 is 0 Å². The number of aromatic amines is 1. The zero-order valence-corrected chi connectivity index (χ0v) is 16.3. The molecule has 2 N–H and O–H groups in total. The van der Waals surface area contributed by atoms with Gasteiger partial charge in [-0.2, -0.15) is 5.10 Å². The summed E-state index contributed by atoms with van der Waals surface area (Å²) in [5.41, 5.74) is 7.93. The summed E-state index contributed by atoms with van der Waals surface area (Å²) in [5.74, 6) is 0.614. The van der Waals surface area contributed by atoms with Crippen LogP contribution in [0.1, 0.15) is 53.9 Å². The van der Waals surface area contributed by atoms with Crippen molar-refractivity contribution in [2.75, 3.05) is 0 Å². The number of aryl methyl sites for hydroxylation is 2. The lowest BCUT2D eigenvalue weighted by Gasteiger charge is -2.10. The molecule has 5 heteroatoms. The summed E-state index contributed by atoms with van der Waals surface area (Å²) >= 11 is 0. The van der Waals surface area contributed by atoms with Crippen molar-refractivity contribution in [2.45, 2.75) is 45.6 Å². The number of nitrogens with zero attached hydrogens (tertiary/aromatic N) is 1. The number of aromatic nitrogens is 1. The number of carbonyl (C=O) groups is 1. The largest absolute Gasteiger partial charge is 0.491 e. The van der Waals surface area contributed by atoms with E-state index in [4.69, 9.17) is 4.74 Å². The summed E-state index contributed by atoms with van der Waals surface area (Å²) in [7, 11) is 0. The minimum absolute atomic E-state index is 0.141. The number of hydrazone groups is 1. The Kier molecular flexibility index (Phi) is 5.15. The van der Waals surface area contributed by atoms with Crippen LogP contribution in [-0.2, 0) is 12.8 Å². The molecule has 1 aliphatic rings. The van der Waals surface area contributed by atoms with Crippen LogP contribution in [0.25, 0.3) is 10.9 Å². The quantitative estimate of drug-likeness (QED) is 0.506. The van der Waals surface area contributed by atoms with Gasteiger partial charge < -0.3 is 9.72 Å². The van der Waals surface area contributed by atoms with Gasteiger partial charge in [-0.15, -0.1) is 0 Å². The molecular weight excluding hydrogens is 350 g/mol. The second kappa shape index (κ2) is 7.89. The van der Waals surface area contributed by atoms with Crippen molar-refractivity contribution in [1.29, 1.82) is 0 Å². The number of ether oxygens (including phenoxy) is 1. The number of hydrogen-bond acceptors (Lipinski definition) is 3. The van der Waals surface area contributed by atoms with E-state index in [9.17, 15) is 4.79 Å². The van der Waals surface area contributed by atoms with E-state index in [1.54, 1.807) is 6.21 Å². The molecule has 1 heterocycles. The molecule has 0 fully saturated rings. The fourth-order valence-electron chi connectivity index (χ4n) is 3.68. The van der Waals surface area contributed by atoms with E-state index in [1.807, 2.05) is 56.3 Å². The highest BCUT2D eigenvalue weighted by Crippen LogP contribution is 2.29. The first-order valence-corrected chi connectivity index (χ1v) is 9.84. The van der Waals surface area contributed by atoms with Crippen molar-refractivity contribution in [3.05, 3.63) is 64.8 Å². The zero-order chi connectivity index (χ0) is 19.5. The van der Waals surface area contributed by atoms with Gasteiger partial charge in [0.1, 0.15) is 5.75 Å². The maximum absolute atomic E-state index is 12.5. The van der Waals surface area contributed by atoms with Crippen LogP contribution in [0, 0.1) is 0 Å². The maximum atomic E-state index is 12.5. The van der Waals surface area contributed by atoms with Crippen LogP contribution < -0.4 is 10.2 Å². The SMILES string of the molecule is CC(C)Oc1ccc(/C=N\NC(=O)c2ccc3[nH]c4c(c3c2)CCCC4)cc1. The molecule has 1 amide bonds. The van der Waals surface area contributed by atoms with Gasteiger partial charge >= 0.3 is 0 Å². The van der Waals surface area contributed by atoms with Crippen molar-refractivity contribution >= 4 is 23.0 Å². The smallest absolute Gasteiger partial charge is 0.271 e. The number of carbonyl (C=O) groups excluding carboxylic acids is 1. The van der Waals surface area contributed by atoms with Crippen molar-refractivity contribution in [2.24, 2.45) is 5.10 Å². The summed E-state index contributed by atoms with van der Waals surface area (Å²) in [6.07, 6.45) is 6.38. The summed E-state index contributed by atoms with van der Waals surface area (Å²) in [4.78, 5) is 16.0. The minimum Gasteiger partial charge on any atom is -0.491 e. The van der Waals surface area contributed by atoms with Gasteiger partial charge in [-0.3, -0.25) is 4.79 Å². The Morgan fingerprint density at radius 2 is 1.93 bits per heavy atom. The predicted molar refractivity (Wildman–Crippen MR) is 112 cm³/mol. The Hall–Kier alpha value is -3.08. The fourth-order valence-corrected chi connectivity index (χ4v) is 3.68. The molecule has 1 aliphatic carbocycles. The third kappa shape index (κ3) is 3.93. The van der Waals surface area contributed by atoms with Crippen LogP contribution >= 0.6 is 0 Å². The Morgan fingerprint density at radius 3 is 2.71 bits per heavy atom. The zero-order valence-electron chi connectivity index (χ0n) is 16.3. The van der Waals surface area contributed by atoms with Gasteiger partial charge in [-0.1, -0.05) is 0 Å². The highest BCUT2D eigenvalue weighted by molar-refractivity contribution is 5.99. The van der Waals surface area contributed by atoms with Gasteiger partial charge in [0.25, 0.3) is 5.91 Å². The molecule has 0 saturated carbocycles. The second-order valence-electron chi connectivity index (χ2n) is 7.48. The van der Waals surface area contributed by atoms with Gasteiger partial charge in [0, 0.05) is 22.2 Å². The number of H-pyrrole nitrogens is 1. The van der Waals surface area contributed by atoms with Crippen LogP contribution in [0.3, 0.4) is 0 Å². The molecule has 3 aromatic rings. The lowest BCUT2D eigenvalue weighted by atomic mass is 9.95. The normalized spacial score (nSPS) is 13.8. The van der Waals surface area contributed by atoms with Crippen LogP contribution in [0.5, 0.6) is 5.75 Å². The monoisotopic (exact) mass is 375 g/mol. The molecule has 0 unspecified atom stereocenters. The number of nitrogens with one attached hydrogen (secondary N) is 2. The van der Waals surface area contributed by atoms with Crippen LogP contribution in [0.2, 0.25) is 0 Å². The number of amides is 1. The standard InChI is InChI=1S/C23H25N3O2/c1-15(2)28-18-10-7-16(8-11-18)14-24-26-23(27)17-9-12-22-20(13-17)19-5-3-4-6-21(19)25-22/h7-15,25H,3-6H2,1-2H3,(H,26,27)/b24-14-. The maximum Gasteiger partial charge on any atom is 0.271 e. The summed E-state index contributed by atoms with van der Waals surface area (Å²) in [6.45, 7) is 3.98. The van der Waals surface area contributed by atoms with Crippen LogP contribution in [0.15, 0.2) is 47.6 Å². The molecule has 0 spiro atoms.